The van der Waals surface area contributed by atoms with Crippen LogP contribution in [-0.2, 0) is 22.7 Å². The van der Waals surface area contributed by atoms with Crippen molar-refractivity contribution in [3.63, 3.8) is 0 Å². The molecule has 0 bridgehead atoms. The zero-order chi connectivity index (χ0) is 27.1. The molecule has 5 amide bonds. The number of nitrogens with zero attached hydrogens (tertiary/aromatic N) is 1. The molecule has 0 radical (unpaired) electrons. The molecule has 2 N–H and O–H groups in total. The van der Waals surface area contributed by atoms with E-state index >= 15 is 0 Å². The minimum atomic E-state index is -0.985. The molecule has 1 fully saturated rings. The van der Waals surface area contributed by atoms with Crippen LogP contribution in [0.2, 0.25) is 0 Å². The largest absolute Gasteiger partial charge is 0.493 e. The molecular formula is C28H26FN3O6. The summed E-state index contributed by atoms with van der Waals surface area (Å²) >= 11 is 0. The van der Waals surface area contributed by atoms with Gasteiger partial charge in [0.2, 0.25) is 0 Å². The third-order valence-electron chi connectivity index (χ3n) is 5.72. The van der Waals surface area contributed by atoms with Crippen LogP contribution in [0, 0.1) is 5.82 Å². The number of unbranched alkanes of at least 4 members (excludes halogenated alkanes) is 1. The first-order valence-electron chi connectivity index (χ1n) is 12.1. The van der Waals surface area contributed by atoms with Crippen LogP contribution >= 0.6 is 0 Å². The first kappa shape index (κ1) is 26.3. The van der Waals surface area contributed by atoms with E-state index < -0.39 is 23.8 Å². The Morgan fingerprint density at radius 2 is 1.61 bits per heavy atom. The van der Waals surface area contributed by atoms with Crippen molar-refractivity contribution in [1.29, 1.82) is 0 Å². The Morgan fingerprint density at radius 3 is 2.24 bits per heavy atom. The number of benzene rings is 3. The normalized spacial score (nSPS) is 12.9. The monoisotopic (exact) mass is 519 g/mol. The molecule has 10 heteroatoms. The molecule has 1 saturated heterocycles. The number of imide groups is 2. The van der Waals surface area contributed by atoms with E-state index in [1.165, 1.54) is 24.3 Å². The van der Waals surface area contributed by atoms with Crippen LogP contribution < -0.4 is 20.1 Å². The Kier molecular flexibility index (Phi) is 8.32. The van der Waals surface area contributed by atoms with Gasteiger partial charge in [-0.1, -0.05) is 31.5 Å². The van der Waals surface area contributed by atoms with E-state index in [-0.39, 0.29) is 24.5 Å². The maximum Gasteiger partial charge on any atom is 0.331 e. The van der Waals surface area contributed by atoms with E-state index in [9.17, 15) is 23.6 Å². The predicted octanol–water partition coefficient (Wildman–Crippen LogP) is 4.31. The van der Waals surface area contributed by atoms with E-state index in [4.69, 9.17) is 9.47 Å². The van der Waals surface area contributed by atoms with Crippen molar-refractivity contribution in [2.45, 2.75) is 32.9 Å². The molecule has 0 aromatic heterocycles. The van der Waals surface area contributed by atoms with Gasteiger partial charge in [0.1, 0.15) is 23.1 Å². The van der Waals surface area contributed by atoms with Gasteiger partial charge < -0.3 is 14.8 Å². The first-order valence-corrected chi connectivity index (χ1v) is 12.1. The average molecular weight is 520 g/mol. The van der Waals surface area contributed by atoms with E-state index in [0.717, 1.165) is 23.3 Å². The van der Waals surface area contributed by atoms with Gasteiger partial charge in [-0.05, 0) is 66.1 Å². The summed E-state index contributed by atoms with van der Waals surface area (Å²) in [6.07, 6.45) is 1.72. The van der Waals surface area contributed by atoms with Crippen LogP contribution in [0.3, 0.4) is 0 Å². The van der Waals surface area contributed by atoms with Gasteiger partial charge in [0.25, 0.3) is 5.91 Å². The van der Waals surface area contributed by atoms with Gasteiger partial charge in [0.05, 0.1) is 18.7 Å². The van der Waals surface area contributed by atoms with Crippen LogP contribution in [0.4, 0.5) is 9.18 Å². The maximum atomic E-state index is 13.1. The summed E-state index contributed by atoms with van der Waals surface area (Å²) in [6.45, 7) is 2.50. The lowest BCUT2D eigenvalue weighted by Crippen LogP contribution is -2.30. The number of hydrogen-bond donors (Lipinski definition) is 2. The Labute approximate surface area is 218 Å². The van der Waals surface area contributed by atoms with Crippen molar-refractivity contribution in [1.82, 2.24) is 15.5 Å². The number of halogens is 1. The molecule has 0 saturated carbocycles. The summed E-state index contributed by atoms with van der Waals surface area (Å²) < 4.78 is 24.6. The second kappa shape index (κ2) is 12.0. The Morgan fingerprint density at radius 1 is 0.947 bits per heavy atom. The quantitative estimate of drug-likeness (QED) is 0.222. The molecule has 0 unspecified atom stereocenters. The minimum absolute atomic E-state index is 0.165. The van der Waals surface area contributed by atoms with Crippen molar-refractivity contribution in [2.24, 2.45) is 0 Å². The van der Waals surface area contributed by atoms with Crippen molar-refractivity contribution >= 4 is 23.8 Å². The average Bonchev–Trinajstić information content (AvgIpc) is 3.16. The van der Waals surface area contributed by atoms with E-state index in [2.05, 4.69) is 5.32 Å². The fourth-order valence-corrected chi connectivity index (χ4v) is 3.66. The fraction of sp³-hybridized carbons (Fsp3) is 0.214. The second-order valence-corrected chi connectivity index (χ2v) is 8.57. The SMILES string of the molecule is CCCCOc1ccc(CN2C(=O)NC(=O)C2=O)cc1C(=O)NCc1ccc(Oc2ccc(F)cc2)cc1. The lowest BCUT2D eigenvalue weighted by Gasteiger charge is -2.16. The number of rotatable bonds is 11. The second-order valence-electron chi connectivity index (χ2n) is 8.57. The van der Waals surface area contributed by atoms with Gasteiger partial charge in [-0.15, -0.1) is 0 Å². The number of urea groups is 1. The van der Waals surface area contributed by atoms with Crippen LogP contribution in [-0.4, -0.2) is 35.3 Å². The molecule has 4 rings (SSSR count). The molecular weight excluding hydrogens is 493 g/mol. The molecule has 0 aliphatic carbocycles. The molecule has 1 heterocycles. The maximum absolute atomic E-state index is 13.1. The highest BCUT2D eigenvalue weighted by Gasteiger charge is 2.36. The first-order chi connectivity index (χ1) is 18.3. The number of amides is 5. The van der Waals surface area contributed by atoms with Crippen molar-refractivity contribution in [3.05, 3.63) is 89.2 Å². The highest BCUT2D eigenvalue weighted by Crippen LogP contribution is 2.24. The van der Waals surface area contributed by atoms with Crippen molar-refractivity contribution < 1.29 is 33.0 Å². The molecule has 3 aromatic carbocycles. The molecule has 0 spiro atoms. The highest BCUT2D eigenvalue weighted by molar-refractivity contribution is 6.44. The van der Waals surface area contributed by atoms with Gasteiger partial charge in [0.15, 0.2) is 0 Å². The minimum Gasteiger partial charge on any atom is -0.493 e. The fourth-order valence-electron chi connectivity index (χ4n) is 3.66. The molecule has 1 aliphatic heterocycles. The molecule has 0 atom stereocenters. The molecule has 196 valence electrons. The van der Waals surface area contributed by atoms with Crippen LogP contribution in [0.15, 0.2) is 66.7 Å². The van der Waals surface area contributed by atoms with Crippen molar-refractivity contribution in [2.75, 3.05) is 6.61 Å². The van der Waals surface area contributed by atoms with Crippen LogP contribution in [0.5, 0.6) is 17.2 Å². The third kappa shape index (κ3) is 6.52. The van der Waals surface area contributed by atoms with Crippen molar-refractivity contribution in [3.8, 4) is 17.2 Å². The number of hydrogen-bond acceptors (Lipinski definition) is 6. The Bertz CT molecular complexity index is 1340. The summed E-state index contributed by atoms with van der Waals surface area (Å²) in [6, 6.07) is 16.7. The van der Waals surface area contributed by atoms with Gasteiger partial charge in [0, 0.05) is 6.54 Å². The Balaban J connectivity index is 1.43. The lowest BCUT2D eigenvalue weighted by atomic mass is 10.1. The standard InChI is InChI=1S/C28H26FN3O6/c1-2-3-14-37-24-13-6-19(17-32-27(35)26(34)31-28(32)36)15-23(24)25(33)30-16-18-4-9-21(10-5-18)38-22-11-7-20(29)8-12-22/h4-13,15H,2-3,14,16-17H2,1H3,(H,30,33)(H,31,34,36). The van der Waals surface area contributed by atoms with Crippen LogP contribution in [0.1, 0.15) is 41.3 Å². The highest BCUT2D eigenvalue weighted by atomic mass is 19.1. The van der Waals surface area contributed by atoms with Gasteiger partial charge in [-0.25, -0.2) is 9.18 Å². The lowest BCUT2D eigenvalue weighted by molar-refractivity contribution is -0.140. The summed E-state index contributed by atoms with van der Waals surface area (Å²) in [5, 5.41) is 4.80. The van der Waals surface area contributed by atoms with Crippen LogP contribution in [0.25, 0.3) is 0 Å². The number of nitrogens with one attached hydrogen (secondary N) is 2. The summed E-state index contributed by atoms with van der Waals surface area (Å²) in [7, 11) is 0. The van der Waals surface area contributed by atoms with E-state index in [1.807, 2.05) is 12.2 Å². The smallest absolute Gasteiger partial charge is 0.331 e. The van der Waals surface area contributed by atoms with Gasteiger partial charge in [-0.2, -0.15) is 0 Å². The zero-order valence-corrected chi connectivity index (χ0v) is 20.7. The summed E-state index contributed by atoms with van der Waals surface area (Å²) in [5.41, 5.74) is 1.54. The van der Waals surface area contributed by atoms with Gasteiger partial charge >= 0.3 is 17.8 Å². The predicted molar refractivity (Wildman–Crippen MR) is 135 cm³/mol. The topological polar surface area (TPSA) is 114 Å². The summed E-state index contributed by atoms with van der Waals surface area (Å²) in [5.74, 6) is -1.25. The molecule has 1 aliphatic rings. The molecule has 38 heavy (non-hydrogen) atoms. The Hall–Kier alpha value is -4.73. The van der Waals surface area contributed by atoms with Gasteiger partial charge in [-0.3, -0.25) is 24.6 Å². The van der Waals surface area contributed by atoms with E-state index in [0.29, 0.717) is 29.4 Å². The number of carbonyl (C=O) groups excluding carboxylic acids is 4. The zero-order valence-electron chi connectivity index (χ0n) is 20.7. The molecule has 3 aromatic rings. The third-order valence-corrected chi connectivity index (χ3v) is 5.72. The molecule has 9 nitrogen and oxygen atoms in total. The number of ether oxygens (including phenoxy) is 2. The summed E-state index contributed by atoms with van der Waals surface area (Å²) in [4.78, 5) is 49.2. The van der Waals surface area contributed by atoms with E-state index in [1.54, 1.807) is 42.5 Å². The number of carbonyl (C=O) groups is 4.